The summed E-state index contributed by atoms with van der Waals surface area (Å²) in [5.74, 6) is 3.96. The van der Waals surface area contributed by atoms with Gasteiger partial charge in [-0.15, -0.1) is 5.10 Å². The molecule has 0 saturated heterocycles. The van der Waals surface area contributed by atoms with Crippen molar-refractivity contribution < 1.29 is 0 Å². The standard InChI is InChI=1S/C27H34N8/c1-17(2)25-29-27(18(3)20-12-14-22(28)15-13-20)35(32-25)16-19-8-10-21(11-9-19)23-6-4-5-7-24(23)26-30-33-34-31-26/h4-11,17-18,20,22H,12-16,28H2,1-3H3,(H,30,31,33,34). The summed E-state index contributed by atoms with van der Waals surface area (Å²) in [6.45, 7) is 7.33. The fourth-order valence-electron chi connectivity index (χ4n) is 5.10. The van der Waals surface area contributed by atoms with Gasteiger partial charge in [-0.3, -0.25) is 0 Å². The molecule has 1 unspecified atom stereocenters. The Bertz CT molecular complexity index is 1230. The summed E-state index contributed by atoms with van der Waals surface area (Å²) in [7, 11) is 0. The van der Waals surface area contributed by atoms with Crippen LogP contribution in [0.1, 0.15) is 75.5 Å². The minimum Gasteiger partial charge on any atom is -0.328 e. The molecule has 8 nitrogen and oxygen atoms in total. The summed E-state index contributed by atoms with van der Waals surface area (Å²) in [6.07, 6.45) is 4.54. The molecule has 2 heterocycles. The lowest BCUT2D eigenvalue weighted by molar-refractivity contribution is 0.281. The van der Waals surface area contributed by atoms with E-state index in [0.29, 0.717) is 36.2 Å². The Morgan fingerprint density at radius 1 is 0.971 bits per heavy atom. The maximum atomic E-state index is 6.16. The monoisotopic (exact) mass is 470 g/mol. The quantitative estimate of drug-likeness (QED) is 0.397. The predicted molar refractivity (Wildman–Crippen MR) is 137 cm³/mol. The second kappa shape index (κ2) is 10.1. The normalized spacial score (nSPS) is 19.2. The van der Waals surface area contributed by atoms with Crippen molar-refractivity contribution in [3.8, 4) is 22.5 Å². The third-order valence-corrected chi connectivity index (χ3v) is 7.29. The maximum absolute atomic E-state index is 6.16. The lowest BCUT2D eigenvalue weighted by Gasteiger charge is -2.30. The van der Waals surface area contributed by atoms with Crippen molar-refractivity contribution >= 4 is 0 Å². The second-order valence-corrected chi connectivity index (χ2v) is 10.1. The number of hydrogen-bond acceptors (Lipinski definition) is 6. The summed E-state index contributed by atoms with van der Waals surface area (Å²) in [5, 5.41) is 19.3. The number of H-pyrrole nitrogens is 1. The summed E-state index contributed by atoms with van der Waals surface area (Å²) < 4.78 is 2.12. The topological polar surface area (TPSA) is 111 Å². The highest BCUT2D eigenvalue weighted by Crippen LogP contribution is 2.35. The molecule has 2 aromatic carbocycles. The fourth-order valence-corrected chi connectivity index (χ4v) is 5.10. The molecule has 4 aromatic rings. The molecule has 35 heavy (non-hydrogen) atoms. The van der Waals surface area contributed by atoms with Crippen molar-refractivity contribution in [2.24, 2.45) is 11.7 Å². The first-order valence-electron chi connectivity index (χ1n) is 12.6. The molecule has 0 amide bonds. The van der Waals surface area contributed by atoms with Crippen molar-refractivity contribution in [2.75, 3.05) is 0 Å². The van der Waals surface area contributed by atoms with Crippen LogP contribution in [0.2, 0.25) is 0 Å². The van der Waals surface area contributed by atoms with Gasteiger partial charge in [0.15, 0.2) is 11.6 Å². The minimum absolute atomic E-state index is 0.298. The lowest BCUT2D eigenvalue weighted by Crippen LogP contribution is -2.29. The number of rotatable bonds is 7. The molecule has 0 spiro atoms. The van der Waals surface area contributed by atoms with Crippen LogP contribution >= 0.6 is 0 Å². The van der Waals surface area contributed by atoms with E-state index in [9.17, 15) is 0 Å². The number of aromatic nitrogens is 7. The molecule has 0 bridgehead atoms. The molecule has 1 saturated carbocycles. The largest absolute Gasteiger partial charge is 0.328 e. The average Bonchev–Trinajstić information content (AvgIpc) is 3.55. The fraction of sp³-hybridized carbons (Fsp3) is 0.444. The van der Waals surface area contributed by atoms with Gasteiger partial charge < -0.3 is 5.73 Å². The van der Waals surface area contributed by atoms with E-state index < -0.39 is 0 Å². The van der Waals surface area contributed by atoms with E-state index in [4.69, 9.17) is 15.8 Å². The van der Waals surface area contributed by atoms with Crippen molar-refractivity contribution in [1.29, 1.82) is 0 Å². The number of aromatic amines is 1. The van der Waals surface area contributed by atoms with Crippen molar-refractivity contribution in [3.05, 3.63) is 65.7 Å². The molecule has 0 aliphatic heterocycles. The number of tetrazole rings is 1. The molecule has 5 rings (SSSR count). The molecule has 2 aromatic heterocycles. The molecular formula is C27H34N8. The molecule has 1 fully saturated rings. The third-order valence-electron chi connectivity index (χ3n) is 7.29. The lowest BCUT2D eigenvalue weighted by atomic mass is 9.79. The average molecular weight is 471 g/mol. The molecule has 3 N–H and O–H groups in total. The Morgan fingerprint density at radius 3 is 2.34 bits per heavy atom. The number of nitrogens with two attached hydrogens (primary N) is 1. The summed E-state index contributed by atoms with van der Waals surface area (Å²) in [5.41, 5.74) is 10.5. The number of nitrogens with zero attached hydrogens (tertiary/aromatic N) is 6. The van der Waals surface area contributed by atoms with Gasteiger partial charge in [0, 0.05) is 23.4 Å². The highest BCUT2D eigenvalue weighted by atomic mass is 15.5. The van der Waals surface area contributed by atoms with Crippen molar-refractivity contribution in [2.45, 2.75) is 70.9 Å². The van der Waals surface area contributed by atoms with Gasteiger partial charge in [-0.1, -0.05) is 69.3 Å². The van der Waals surface area contributed by atoms with E-state index >= 15 is 0 Å². The Morgan fingerprint density at radius 2 is 1.69 bits per heavy atom. The van der Waals surface area contributed by atoms with Crippen LogP contribution in [0.5, 0.6) is 0 Å². The SMILES string of the molecule is CC(C)c1nc(C(C)C2CCC(N)CC2)n(Cc2ccc(-c3ccccc3-c3nnn[nH]3)cc2)n1. The molecule has 1 aliphatic rings. The Balaban J connectivity index is 1.39. The Kier molecular flexibility index (Phi) is 6.72. The van der Waals surface area contributed by atoms with Gasteiger partial charge in [-0.2, -0.15) is 5.10 Å². The van der Waals surface area contributed by atoms with Crippen LogP contribution in [0.25, 0.3) is 22.5 Å². The third kappa shape index (κ3) is 5.03. The first-order valence-corrected chi connectivity index (χ1v) is 12.6. The molecule has 0 radical (unpaired) electrons. The number of benzene rings is 2. The highest BCUT2D eigenvalue weighted by Gasteiger charge is 2.28. The van der Waals surface area contributed by atoms with E-state index in [1.54, 1.807) is 0 Å². The molecule has 1 atom stereocenters. The van der Waals surface area contributed by atoms with Crippen LogP contribution < -0.4 is 5.73 Å². The first kappa shape index (κ1) is 23.4. The van der Waals surface area contributed by atoms with E-state index in [2.05, 4.69) is 76.4 Å². The van der Waals surface area contributed by atoms with Crippen LogP contribution in [-0.4, -0.2) is 41.4 Å². The van der Waals surface area contributed by atoms with E-state index in [1.807, 2.05) is 18.2 Å². The molecule has 182 valence electrons. The highest BCUT2D eigenvalue weighted by molar-refractivity contribution is 5.80. The molecule has 8 heteroatoms. The maximum Gasteiger partial charge on any atom is 0.180 e. The van der Waals surface area contributed by atoms with Crippen LogP contribution in [0.3, 0.4) is 0 Å². The van der Waals surface area contributed by atoms with Gasteiger partial charge >= 0.3 is 0 Å². The van der Waals surface area contributed by atoms with Crippen molar-refractivity contribution in [3.63, 3.8) is 0 Å². The molecular weight excluding hydrogens is 436 g/mol. The van der Waals surface area contributed by atoms with Crippen LogP contribution in [0.4, 0.5) is 0 Å². The van der Waals surface area contributed by atoms with Gasteiger partial charge in [0.2, 0.25) is 0 Å². The number of hydrogen-bond donors (Lipinski definition) is 2. The van der Waals surface area contributed by atoms with Crippen LogP contribution in [0, 0.1) is 5.92 Å². The summed E-state index contributed by atoms with van der Waals surface area (Å²) in [4.78, 5) is 5.00. The van der Waals surface area contributed by atoms with E-state index in [0.717, 1.165) is 41.2 Å². The first-order chi connectivity index (χ1) is 17.0. The zero-order valence-corrected chi connectivity index (χ0v) is 20.7. The summed E-state index contributed by atoms with van der Waals surface area (Å²) >= 11 is 0. The minimum atomic E-state index is 0.298. The zero-order chi connectivity index (χ0) is 24.4. The van der Waals surface area contributed by atoms with Crippen molar-refractivity contribution in [1.82, 2.24) is 35.4 Å². The van der Waals surface area contributed by atoms with Gasteiger partial charge in [0.05, 0.1) is 6.54 Å². The van der Waals surface area contributed by atoms with Gasteiger partial charge in [0.1, 0.15) is 5.82 Å². The summed E-state index contributed by atoms with van der Waals surface area (Å²) in [6, 6.07) is 17.2. The van der Waals surface area contributed by atoms with Crippen LogP contribution in [-0.2, 0) is 6.54 Å². The predicted octanol–water partition coefficient (Wildman–Crippen LogP) is 4.92. The number of nitrogens with one attached hydrogen (secondary N) is 1. The van der Waals surface area contributed by atoms with Crippen LogP contribution in [0.15, 0.2) is 48.5 Å². The molecule has 1 aliphatic carbocycles. The van der Waals surface area contributed by atoms with Gasteiger partial charge in [-0.05, 0) is 58.7 Å². The van der Waals surface area contributed by atoms with E-state index in [1.165, 1.54) is 18.4 Å². The van der Waals surface area contributed by atoms with E-state index in [-0.39, 0.29) is 0 Å². The van der Waals surface area contributed by atoms with Gasteiger partial charge in [0.25, 0.3) is 0 Å². The van der Waals surface area contributed by atoms with Gasteiger partial charge in [-0.25, -0.2) is 14.8 Å². The zero-order valence-electron chi connectivity index (χ0n) is 20.7. The Labute approximate surface area is 206 Å². The second-order valence-electron chi connectivity index (χ2n) is 10.1. The smallest absolute Gasteiger partial charge is 0.180 e. The Hall–Kier alpha value is -3.39.